The highest BCUT2D eigenvalue weighted by atomic mass is 32.1. The highest BCUT2D eigenvalue weighted by Gasteiger charge is 2.17. The van der Waals surface area contributed by atoms with Crippen LogP contribution in [0.1, 0.15) is 15.4 Å². The summed E-state index contributed by atoms with van der Waals surface area (Å²) in [5.41, 5.74) is 7.99. The summed E-state index contributed by atoms with van der Waals surface area (Å²) < 4.78 is 1.79. The van der Waals surface area contributed by atoms with Gasteiger partial charge in [0.1, 0.15) is 15.2 Å². The summed E-state index contributed by atoms with van der Waals surface area (Å²) in [6.07, 6.45) is 5.60. The Morgan fingerprint density at radius 2 is 2.19 bits per heavy atom. The number of aryl methyl sites for hydroxylation is 1. The quantitative estimate of drug-likeness (QED) is 0.748. The van der Waals surface area contributed by atoms with Crippen molar-refractivity contribution in [2.75, 3.05) is 12.3 Å². The van der Waals surface area contributed by atoms with Crippen molar-refractivity contribution in [2.45, 2.75) is 6.42 Å². The topological polar surface area (TPSA) is 98.7 Å². The largest absolute Gasteiger partial charge is 0.396 e. The van der Waals surface area contributed by atoms with Crippen LogP contribution >= 0.6 is 11.3 Å². The fourth-order valence-corrected chi connectivity index (χ4v) is 2.98. The number of fused-ring (bicyclic) bond motifs is 1. The fourth-order valence-electron chi connectivity index (χ4n) is 2.04. The number of amides is 1. The zero-order chi connectivity index (χ0) is 14.8. The molecule has 0 saturated carbocycles. The van der Waals surface area contributed by atoms with Gasteiger partial charge in [-0.05, 0) is 6.07 Å². The Balaban J connectivity index is 1.70. The zero-order valence-corrected chi connectivity index (χ0v) is 12.2. The van der Waals surface area contributed by atoms with Crippen molar-refractivity contribution in [3.8, 4) is 0 Å². The SMILES string of the molecule is Cn1nccc1CCNC(=O)c1sc2nccnc2c1N. The third-order valence-corrected chi connectivity index (χ3v) is 4.26. The molecule has 0 bridgehead atoms. The molecule has 0 aliphatic heterocycles. The zero-order valence-electron chi connectivity index (χ0n) is 11.4. The molecule has 108 valence electrons. The molecule has 0 spiro atoms. The van der Waals surface area contributed by atoms with Crippen LogP contribution in [0, 0.1) is 0 Å². The molecule has 3 rings (SSSR count). The number of nitrogens with zero attached hydrogens (tertiary/aromatic N) is 4. The highest BCUT2D eigenvalue weighted by Crippen LogP contribution is 2.30. The van der Waals surface area contributed by atoms with Crippen LogP contribution in [-0.2, 0) is 13.5 Å². The number of carbonyl (C=O) groups is 1. The summed E-state index contributed by atoms with van der Waals surface area (Å²) in [5, 5.41) is 6.95. The van der Waals surface area contributed by atoms with Gasteiger partial charge in [-0.25, -0.2) is 9.97 Å². The van der Waals surface area contributed by atoms with Gasteiger partial charge in [0.15, 0.2) is 0 Å². The van der Waals surface area contributed by atoms with Crippen LogP contribution in [0.25, 0.3) is 10.3 Å². The molecule has 0 fully saturated rings. The highest BCUT2D eigenvalue weighted by molar-refractivity contribution is 7.21. The minimum Gasteiger partial charge on any atom is -0.396 e. The summed E-state index contributed by atoms with van der Waals surface area (Å²) in [5.74, 6) is -0.195. The first kappa shape index (κ1) is 13.5. The second-order valence-electron chi connectivity index (χ2n) is 4.51. The first-order valence-corrected chi connectivity index (χ1v) is 7.22. The lowest BCUT2D eigenvalue weighted by molar-refractivity contribution is 0.0959. The van der Waals surface area contributed by atoms with Gasteiger partial charge < -0.3 is 11.1 Å². The molecule has 0 radical (unpaired) electrons. The summed E-state index contributed by atoms with van der Waals surface area (Å²) >= 11 is 1.25. The van der Waals surface area contributed by atoms with Gasteiger partial charge >= 0.3 is 0 Å². The van der Waals surface area contributed by atoms with E-state index in [0.717, 1.165) is 5.69 Å². The van der Waals surface area contributed by atoms with Gasteiger partial charge in [0.2, 0.25) is 0 Å². The molecule has 1 amide bonds. The lowest BCUT2D eigenvalue weighted by Gasteiger charge is -2.04. The number of aromatic nitrogens is 4. The maximum absolute atomic E-state index is 12.2. The Labute approximate surface area is 124 Å². The minimum absolute atomic E-state index is 0.195. The van der Waals surface area contributed by atoms with Gasteiger partial charge in [-0.1, -0.05) is 0 Å². The van der Waals surface area contributed by atoms with Crippen LogP contribution in [0.5, 0.6) is 0 Å². The molecule has 3 heterocycles. The van der Waals surface area contributed by atoms with E-state index in [0.29, 0.717) is 33.9 Å². The van der Waals surface area contributed by atoms with Gasteiger partial charge in [-0.15, -0.1) is 11.3 Å². The summed E-state index contributed by atoms with van der Waals surface area (Å²) in [4.78, 5) is 21.6. The number of nitrogen functional groups attached to an aromatic ring is 1. The number of rotatable bonds is 4. The minimum atomic E-state index is -0.195. The Bertz CT molecular complexity index is 793. The van der Waals surface area contributed by atoms with Crippen molar-refractivity contribution < 1.29 is 4.79 Å². The Morgan fingerprint density at radius 1 is 1.38 bits per heavy atom. The van der Waals surface area contributed by atoms with Crippen molar-refractivity contribution in [3.05, 3.63) is 35.2 Å². The van der Waals surface area contributed by atoms with E-state index in [2.05, 4.69) is 20.4 Å². The molecule has 0 aliphatic rings. The third kappa shape index (κ3) is 2.57. The normalized spacial score (nSPS) is 10.9. The molecule has 0 atom stereocenters. The molecule has 3 aromatic heterocycles. The molecule has 3 aromatic rings. The molecular formula is C13H14N6OS. The Kier molecular flexibility index (Phi) is 3.53. The van der Waals surface area contributed by atoms with Crippen LogP contribution in [0.15, 0.2) is 24.7 Å². The number of anilines is 1. The molecule has 3 N–H and O–H groups in total. The van der Waals surface area contributed by atoms with Crippen molar-refractivity contribution in [1.29, 1.82) is 0 Å². The molecule has 0 saturated heterocycles. The average molecular weight is 302 g/mol. The maximum Gasteiger partial charge on any atom is 0.263 e. The van der Waals surface area contributed by atoms with E-state index in [1.165, 1.54) is 11.3 Å². The van der Waals surface area contributed by atoms with Crippen molar-refractivity contribution in [3.63, 3.8) is 0 Å². The summed E-state index contributed by atoms with van der Waals surface area (Å²) in [7, 11) is 1.87. The average Bonchev–Trinajstić information content (AvgIpc) is 3.04. The van der Waals surface area contributed by atoms with Gasteiger partial charge in [0, 0.05) is 44.3 Å². The lowest BCUT2D eigenvalue weighted by Crippen LogP contribution is -2.26. The first-order chi connectivity index (χ1) is 10.2. The second kappa shape index (κ2) is 5.49. The number of thiophene rings is 1. The van der Waals surface area contributed by atoms with E-state index < -0.39 is 0 Å². The van der Waals surface area contributed by atoms with Crippen molar-refractivity contribution in [1.82, 2.24) is 25.1 Å². The number of hydrogen-bond acceptors (Lipinski definition) is 6. The third-order valence-electron chi connectivity index (χ3n) is 3.16. The van der Waals surface area contributed by atoms with Crippen LogP contribution in [0.2, 0.25) is 0 Å². The molecule has 0 aliphatic carbocycles. The maximum atomic E-state index is 12.2. The fraction of sp³-hybridized carbons (Fsp3) is 0.231. The van der Waals surface area contributed by atoms with Gasteiger partial charge in [-0.2, -0.15) is 5.10 Å². The van der Waals surface area contributed by atoms with Crippen molar-refractivity contribution >= 4 is 33.3 Å². The predicted molar refractivity (Wildman–Crippen MR) is 81.1 cm³/mol. The Hall–Kier alpha value is -2.48. The summed E-state index contributed by atoms with van der Waals surface area (Å²) in [6.45, 7) is 0.521. The lowest BCUT2D eigenvalue weighted by atomic mass is 10.3. The van der Waals surface area contributed by atoms with Crippen molar-refractivity contribution in [2.24, 2.45) is 7.05 Å². The number of carbonyl (C=O) groups excluding carboxylic acids is 1. The smallest absolute Gasteiger partial charge is 0.263 e. The van der Waals surface area contributed by atoms with Crippen LogP contribution in [0.4, 0.5) is 5.69 Å². The monoisotopic (exact) mass is 302 g/mol. The van der Waals surface area contributed by atoms with Gasteiger partial charge in [0.05, 0.1) is 5.69 Å². The van der Waals surface area contributed by atoms with E-state index in [1.54, 1.807) is 23.3 Å². The Morgan fingerprint density at radius 3 is 2.90 bits per heavy atom. The molecule has 7 nitrogen and oxygen atoms in total. The first-order valence-electron chi connectivity index (χ1n) is 6.41. The van der Waals surface area contributed by atoms with E-state index in [9.17, 15) is 4.79 Å². The molecule has 21 heavy (non-hydrogen) atoms. The number of hydrogen-bond donors (Lipinski definition) is 2. The standard InChI is InChI=1S/C13H14N6OS/c1-19-8(3-5-18-19)2-4-16-12(20)11-9(14)10-13(21-11)17-7-6-15-10/h3,5-7H,2,4,14H2,1H3,(H,16,20). The second-order valence-corrected chi connectivity index (χ2v) is 5.51. The van der Waals surface area contributed by atoms with E-state index in [4.69, 9.17) is 5.73 Å². The van der Waals surface area contributed by atoms with E-state index >= 15 is 0 Å². The predicted octanol–water partition coefficient (Wildman–Crippen LogP) is 0.980. The number of nitrogens with one attached hydrogen (secondary N) is 1. The van der Waals surface area contributed by atoms with Crippen LogP contribution in [0.3, 0.4) is 0 Å². The molecule has 0 unspecified atom stereocenters. The van der Waals surface area contributed by atoms with Gasteiger partial charge in [-0.3, -0.25) is 9.48 Å². The molecule has 8 heteroatoms. The van der Waals surface area contributed by atoms with E-state index in [-0.39, 0.29) is 5.91 Å². The molecular weight excluding hydrogens is 288 g/mol. The van der Waals surface area contributed by atoms with Crippen LogP contribution < -0.4 is 11.1 Å². The van der Waals surface area contributed by atoms with Crippen LogP contribution in [-0.4, -0.2) is 32.2 Å². The number of nitrogens with two attached hydrogens (primary N) is 1. The van der Waals surface area contributed by atoms with E-state index in [1.807, 2.05) is 13.1 Å². The molecule has 0 aromatic carbocycles. The summed E-state index contributed by atoms with van der Waals surface area (Å²) in [6, 6.07) is 1.92. The van der Waals surface area contributed by atoms with Gasteiger partial charge in [0.25, 0.3) is 5.91 Å².